The van der Waals surface area contributed by atoms with Crippen LogP contribution in [0.25, 0.3) is 0 Å². The topological polar surface area (TPSA) is 17.1 Å². The maximum atomic E-state index is 11.1. The molecule has 0 amide bonds. The Bertz CT molecular complexity index is 169. The van der Waals surface area contributed by atoms with Crippen molar-refractivity contribution in [2.45, 2.75) is 25.7 Å². The van der Waals surface area contributed by atoms with E-state index in [9.17, 15) is 4.79 Å². The van der Waals surface area contributed by atoms with Crippen LogP contribution in [-0.4, -0.2) is 5.78 Å². The van der Waals surface area contributed by atoms with E-state index in [2.05, 4.69) is 13.2 Å². The number of hydrogen-bond donors (Lipinski definition) is 0. The van der Waals surface area contributed by atoms with Crippen LogP contribution in [0.1, 0.15) is 25.7 Å². The van der Waals surface area contributed by atoms with Crippen molar-refractivity contribution >= 4 is 5.78 Å². The number of carbonyl (C=O) groups excluding carboxylic acids is 1. The van der Waals surface area contributed by atoms with Crippen LogP contribution < -0.4 is 0 Å². The Morgan fingerprint density at radius 1 is 1.10 bits per heavy atom. The molecular weight excluding hydrogens is 124 g/mol. The van der Waals surface area contributed by atoms with E-state index in [1.54, 1.807) is 0 Å². The molecule has 1 rings (SSSR count). The van der Waals surface area contributed by atoms with Gasteiger partial charge in [0.1, 0.15) is 0 Å². The van der Waals surface area contributed by atoms with Crippen molar-refractivity contribution in [2.24, 2.45) is 0 Å². The molecule has 0 aromatic carbocycles. The van der Waals surface area contributed by atoms with Crippen molar-refractivity contribution in [1.29, 1.82) is 0 Å². The Kier molecular flexibility index (Phi) is 2.05. The average molecular weight is 136 g/mol. The first-order chi connectivity index (χ1) is 4.72. The molecule has 0 aromatic rings. The second kappa shape index (κ2) is 2.82. The van der Waals surface area contributed by atoms with Gasteiger partial charge in [-0.2, -0.15) is 0 Å². The minimum atomic E-state index is 0.183. The van der Waals surface area contributed by atoms with Crippen LogP contribution >= 0.6 is 0 Å². The summed E-state index contributed by atoms with van der Waals surface area (Å²) in [5.74, 6) is 0.183. The van der Waals surface area contributed by atoms with Crippen LogP contribution in [0.3, 0.4) is 0 Å². The third-order valence-corrected chi connectivity index (χ3v) is 1.90. The zero-order chi connectivity index (χ0) is 7.56. The highest BCUT2D eigenvalue weighted by atomic mass is 16.1. The van der Waals surface area contributed by atoms with Gasteiger partial charge in [0.05, 0.1) is 0 Å². The number of Topliss-reactive ketones (excluding diaryl/α,β-unsaturated/α-hetero) is 1. The van der Waals surface area contributed by atoms with Gasteiger partial charge in [0.15, 0.2) is 5.78 Å². The number of hydrogen-bond acceptors (Lipinski definition) is 1. The maximum Gasteiger partial charge on any atom is 0.162 e. The summed E-state index contributed by atoms with van der Waals surface area (Å²) >= 11 is 0. The van der Waals surface area contributed by atoms with Crippen molar-refractivity contribution in [3.8, 4) is 0 Å². The van der Waals surface area contributed by atoms with E-state index in [0.29, 0.717) is 12.0 Å². The summed E-state index contributed by atoms with van der Waals surface area (Å²) in [6, 6.07) is 0. The molecule has 0 atom stereocenters. The van der Waals surface area contributed by atoms with Gasteiger partial charge in [0, 0.05) is 12.0 Å². The molecule has 54 valence electrons. The minimum Gasteiger partial charge on any atom is -0.294 e. The standard InChI is InChI=1S/C9H12O/c1-7-5-3-4-6-9(10)8(7)2/h1-6H2. The molecule has 1 saturated carbocycles. The lowest BCUT2D eigenvalue weighted by Gasteiger charge is -1.99. The molecule has 0 aromatic heterocycles. The first kappa shape index (κ1) is 7.26. The molecule has 0 heterocycles. The van der Waals surface area contributed by atoms with Crippen molar-refractivity contribution in [1.82, 2.24) is 0 Å². The average Bonchev–Trinajstić information content (AvgIpc) is 2.04. The lowest BCUT2D eigenvalue weighted by atomic mass is 10.0. The first-order valence-corrected chi connectivity index (χ1v) is 3.62. The maximum absolute atomic E-state index is 11.1. The molecule has 0 radical (unpaired) electrons. The highest BCUT2D eigenvalue weighted by molar-refractivity contribution is 5.98. The van der Waals surface area contributed by atoms with Crippen molar-refractivity contribution in [3.05, 3.63) is 24.3 Å². The number of ketones is 1. The molecule has 1 aliphatic rings. The van der Waals surface area contributed by atoms with Crippen molar-refractivity contribution in [3.63, 3.8) is 0 Å². The smallest absolute Gasteiger partial charge is 0.162 e. The monoisotopic (exact) mass is 136 g/mol. The largest absolute Gasteiger partial charge is 0.294 e. The van der Waals surface area contributed by atoms with E-state index in [1.165, 1.54) is 0 Å². The van der Waals surface area contributed by atoms with Crippen LogP contribution in [0, 0.1) is 0 Å². The fourth-order valence-electron chi connectivity index (χ4n) is 1.12. The molecule has 0 aliphatic heterocycles. The molecule has 0 saturated heterocycles. The Hall–Kier alpha value is -0.850. The zero-order valence-electron chi connectivity index (χ0n) is 6.15. The van der Waals surface area contributed by atoms with E-state index >= 15 is 0 Å². The van der Waals surface area contributed by atoms with E-state index in [1.807, 2.05) is 0 Å². The lowest BCUT2D eigenvalue weighted by molar-refractivity contribution is -0.115. The summed E-state index contributed by atoms with van der Waals surface area (Å²) in [4.78, 5) is 11.1. The van der Waals surface area contributed by atoms with Gasteiger partial charge in [0.2, 0.25) is 0 Å². The third kappa shape index (κ3) is 1.35. The van der Waals surface area contributed by atoms with Crippen LogP contribution in [0.15, 0.2) is 24.3 Å². The van der Waals surface area contributed by atoms with Gasteiger partial charge in [0.25, 0.3) is 0 Å². The van der Waals surface area contributed by atoms with E-state index in [-0.39, 0.29) is 5.78 Å². The van der Waals surface area contributed by atoms with Crippen LogP contribution in [0.2, 0.25) is 0 Å². The van der Waals surface area contributed by atoms with Gasteiger partial charge < -0.3 is 0 Å². The summed E-state index contributed by atoms with van der Waals surface area (Å²) in [5, 5.41) is 0. The molecule has 0 N–H and O–H groups in total. The predicted molar refractivity (Wildman–Crippen MR) is 41.8 cm³/mol. The van der Waals surface area contributed by atoms with Gasteiger partial charge >= 0.3 is 0 Å². The third-order valence-electron chi connectivity index (χ3n) is 1.90. The second-order valence-electron chi connectivity index (χ2n) is 2.71. The summed E-state index contributed by atoms with van der Waals surface area (Å²) < 4.78 is 0. The first-order valence-electron chi connectivity index (χ1n) is 3.62. The van der Waals surface area contributed by atoms with Crippen molar-refractivity contribution in [2.75, 3.05) is 0 Å². The Morgan fingerprint density at radius 3 is 2.40 bits per heavy atom. The molecule has 1 nitrogen and oxygen atoms in total. The minimum absolute atomic E-state index is 0.183. The fraction of sp³-hybridized carbons (Fsp3) is 0.444. The second-order valence-corrected chi connectivity index (χ2v) is 2.71. The van der Waals surface area contributed by atoms with E-state index < -0.39 is 0 Å². The zero-order valence-corrected chi connectivity index (χ0v) is 6.15. The highest BCUT2D eigenvalue weighted by Gasteiger charge is 2.13. The molecule has 0 bridgehead atoms. The van der Waals surface area contributed by atoms with Crippen LogP contribution in [0.5, 0.6) is 0 Å². The van der Waals surface area contributed by atoms with Gasteiger partial charge in [-0.15, -0.1) is 0 Å². The normalized spacial score (nSPS) is 21.0. The summed E-state index contributed by atoms with van der Waals surface area (Å²) in [6.07, 6.45) is 3.70. The van der Waals surface area contributed by atoms with Gasteiger partial charge in [-0.05, 0) is 24.8 Å². The molecule has 0 unspecified atom stereocenters. The van der Waals surface area contributed by atoms with Gasteiger partial charge in [-0.25, -0.2) is 0 Å². The summed E-state index contributed by atoms with van der Waals surface area (Å²) in [5.41, 5.74) is 1.58. The molecule has 1 aliphatic carbocycles. The number of rotatable bonds is 0. The summed E-state index contributed by atoms with van der Waals surface area (Å²) in [7, 11) is 0. The lowest BCUT2D eigenvalue weighted by Crippen LogP contribution is -1.98. The Balaban J connectivity index is 2.74. The Morgan fingerprint density at radius 2 is 1.70 bits per heavy atom. The SMILES string of the molecule is C=C1CCCCC(=O)C1=C. The quantitative estimate of drug-likeness (QED) is 0.368. The van der Waals surface area contributed by atoms with Crippen LogP contribution in [0.4, 0.5) is 0 Å². The fourth-order valence-corrected chi connectivity index (χ4v) is 1.12. The number of allylic oxidation sites excluding steroid dienone is 2. The molecule has 10 heavy (non-hydrogen) atoms. The number of carbonyl (C=O) groups is 1. The Labute approximate surface area is 61.4 Å². The molecule has 0 spiro atoms. The molecule has 1 heteroatoms. The van der Waals surface area contributed by atoms with E-state index in [0.717, 1.165) is 24.8 Å². The molecule has 1 fully saturated rings. The molecular formula is C9H12O. The van der Waals surface area contributed by atoms with E-state index in [4.69, 9.17) is 0 Å². The van der Waals surface area contributed by atoms with Crippen LogP contribution in [-0.2, 0) is 4.79 Å². The van der Waals surface area contributed by atoms with Crippen molar-refractivity contribution < 1.29 is 4.79 Å². The van der Waals surface area contributed by atoms with Gasteiger partial charge in [-0.3, -0.25) is 4.79 Å². The predicted octanol–water partition coefficient (Wildman–Crippen LogP) is 2.24. The highest BCUT2D eigenvalue weighted by Crippen LogP contribution is 2.21. The summed E-state index contributed by atoms with van der Waals surface area (Å²) in [6.45, 7) is 7.47. The van der Waals surface area contributed by atoms with Gasteiger partial charge in [-0.1, -0.05) is 13.2 Å².